The van der Waals surface area contributed by atoms with E-state index in [9.17, 15) is 0 Å². The Morgan fingerprint density at radius 2 is 0.815 bits per heavy atom. The van der Waals surface area contributed by atoms with Crippen molar-refractivity contribution in [2.24, 2.45) is 0 Å². The van der Waals surface area contributed by atoms with Gasteiger partial charge < -0.3 is 9.32 Å². The maximum Gasteiger partial charge on any atom is 0.137 e. The van der Waals surface area contributed by atoms with Gasteiger partial charge in [0, 0.05) is 33.5 Å². The average Bonchev–Trinajstić information content (AvgIpc) is 3.62. The Morgan fingerprint density at radius 1 is 0.296 bits per heavy atom. The first-order valence-corrected chi connectivity index (χ1v) is 18.4. The third-order valence-corrected chi connectivity index (χ3v) is 10.5. The lowest BCUT2D eigenvalue weighted by Crippen LogP contribution is -2.12. The lowest BCUT2D eigenvalue weighted by Gasteiger charge is -2.29. The number of benzene rings is 9. The number of rotatable bonds is 7. The average molecular weight is 690 g/mol. The molecule has 54 heavy (non-hydrogen) atoms. The molecule has 254 valence electrons. The fourth-order valence-electron chi connectivity index (χ4n) is 7.96. The SMILES string of the molecule is c1ccc(-c2ccc(-c3ccccc3-c3ccccc3-c3ccccc3N(c3ccc4c(c3)oc3ccccc34)c3cccc4ccccc34)cc2)cc1. The van der Waals surface area contributed by atoms with E-state index in [-0.39, 0.29) is 0 Å². The molecule has 0 bridgehead atoms. The van der Waals surface area contributed by atoms with E-state index in [2.05, 4.69) is 205 Å². The van der Waals surface area contributed by atoms with E-state index in [1.165, 1.54) is 44.2 Å². The second-order valence-electron chi connectivity index (χ2n) is 13.7. The van der Waals surface area contributed by atoms with Crippen molar-refractivity contribution in [1.82, 2.24) is 0 Å². The van der Waals surface area contributed by atoms with Crippen molar-refractivity contribution in [1.29, 1.82) is 0 Å². The fraction of sp³-hybridized carbons (Fsp3) is 0. The Balaban J connectivity index is 1.16. The van der Waals surface area contributed by atoms with Gasteiger partial charge in [-0.25, -0.2) is 0 Å². The molecule has 1 aromatic heterocycles. The van der Waals surface area contributed by atoms with Crippen LogP contribution in [0.2, 0.25) is 0 Å². The molecule has 0 saturated carbocycles. The molecule has 0 unspecified atom stereocenters. The summed E-state index contributed by atoms with van der Waals surface area (Å²) >= 11 is 0. The molecule has 0 atom stereocenters. The second kappa shape index (κ2) is 13.4. The molecule has 10 aromatic rings. The number of para-hydroxylation sites is 2. The largest absolute Gasteiger partial charge is 0.456 e. The quantitative estimate of drug-likeness (QED) is 0.166. The molecule has 2 nitrogen and oxygen atoms in total. The highest BCUT2D eigenvalue weighted by atomic mass is 16.3. The van der Waals surface area contributed by atoms with Gasteiger partial charge in [-0.3, -0.25) is 0 Å². The topological polar surface area (TPSA) is 16.4 Å². The molecule has 0 amide bonds. The van der Waals surface area contributed by atoms with Gasteiger partial charge in [0.1, 0.15) is 11.2 Å². The molecule has 0 spiro atoms. The smallest absolute Gasteiger partial charge is 0.137 e. The number of anilines is 3. The predicted octanol–water partition coefficient (Wildman–Crippen LogP) is 14.9. The Labute approximate surface area is 314 Å². The number of furan rings is 1. The van der Waals surface area contributed by atoms with Crippen molar-refractivity contribution in [3.63, 3.8) is 0 Å². The lowest BCUT2D eigenvalue weighted by molar-refractivity contribution is 0.669. The fourth-order valence-corrected chi connectivity index (χ4v) is 7.96. The Kier molecular flexibility index (Phi) is 7.85. The third kappa shape index (κ3) is 5.53. The van der Waals surface area contributed by atoms with Crippen molar-refractivity contribution in [2.45, 2.75) is 0 Å². The van der Waals surface area contributed by atoms with Crippen molar-refractivity contribution >= 4 is 49.8 Å². The predicted molar refractivity (Wildman–Crippen MR) is 228 cm³/mol. The number of hydrogen-bond acceptors (Lipinski definition) is 2. The summed E-state index contributed by atoms with van der Waals surface area (Å²) in [6.07, 6.45) is 0. The van der Waals surface area contributed by atoms with E-state index >= 15 is 0 Å². The van der Waals surface area contributed by atoms with Crippen LogP contribution in [0.25, 0.3) is 77.2 Å². The monoisotopic (exact) mass is 689 g/mol. The van der Waals surface area contributed by atoms with Crippen LogP contribution in [0.5, 0.6) is 0 Å². The van der Waals surface area contributed by atoms with Crippen LogP contribution in [0.3, 0.4) is 0 Å². The highest BCUT2D eigenvalue weighted by Gasteiger charge is 2.22. The zero-order valence-electron chi connectivity index (χ0n) is 29.6. The van der Waals surface area contributed by atoms with E-state index < -0.39 is 0 Å². The first-order chi connectivity index (χ1) is 26.8. The zero-order valence-corrected chi connectivity index (χ0v) is 29.6. The summed E-state index contributed by atoms with van der Waals surface area (Å²) in [6.45, 7) is 0. The van der Waals surface area contributed by atoms with Gasteiger partial charge in [-0.15, -0.1) is 0 Å². The zero-order chi connectivity index (χ0) is 35.8. The summed E-state index contributed by atoms with van der Waals surface area (Å²) in [5.74, 6) is 0. The van der Waals surface area contributed by atoms with Gasteiger partial charge in [0.25, 0.3) is 0 Å². The maximum absolute atomic E-state index is 6.46. The number of nitrogens with zero attached hydrogens (tertiary/aromatic N) is 1. The van der Waals surface area contributed by atoms with Crippen LogP contribution in [0.4, 0.5) is 17.1 Å². The molecule has 1 heterocycles. The molecule has 10 rings (SSSR count). The summed E-state index contributed by atoms with van der Waals surface area (Å²) in [6, 6.07) is 75.9. The van der Waals surface area contributed by atoms with Gasteiger partial charge in [0.2, 0.25) is 0 Å². The Morgan fingerprint density at radius 3 is 1.61 bits per heavy atom. The molecule has 0 radical (unpaired) electrons. The van der Waals surface area contributed by atoms with Crippen LogP contribution in [-0.2, 0) is 0 Å². The molecule has 0 N–H and O–H groups in total. The van der Waals surface area contributed by atoms with Crippen molar-refractivity contribution in [3.8, 4) is 44.5 Å². The van der Waals surface area contributed by atoms with Crippen molar-refractivity contribution < 1.29 is 4.42 Å². The molecule has 9 aromatic carbocycles. The number of fused-ring (bicyclic) bond motifs is 4. The van der Waals surface area contributed by atoms with E-state index in [4.69, 9.17) is 4.42 Å². The molecular formula is C52H35NO. The minimum Gasteiger partial charge on any atom is -0.456 e. The van der Waals surface area contributed by atoms with Crippen LogP contribution < -0.4 is 4.90 Å². The Hall–Kier alpha value is -7.16. The molecule has 0 aliphatic carbocycles. The van der Waals surface area contributed by atoms with Crippen LogP contribution in [0.15, 0.2) is 217 Å². The lowest BCUT2D eigenvalue weighted by atomic mass is 9.88. The van der Waals surface area contributed by atoms with Gasteiger partial charge in [-0.1, -0.05) is 176 Å². The molecule has 0 aliphatic heterocycles. The van der Waals surface area contributed by atoms with Crippen LogP contribution in [0, 0.1) is 0 Å². The third-order valence-electron chi connectivity index (χ3n) is 10.5. The second-order valence-corrected chi connectivity index (χ2v) is 13.7. The van der Waals surface area contributed by atoms with E-state index in [0.717, 1.165) is 50.1 Å². The van der Waals surface area contributed by atoms with Gasteiger partial charge >= 0.3 is 0 Å². The van der Waals surface area contributed by atoms with E-state index in [1.807, 2.05) is 12.1 Å². The normalized spacial score (nSPS) is 11.3. The van der Waals surface area contributed by atoms with Gasteiger partial charge in [-0.05, 0) is 74.7 Å². The first-order valence-electron chi connectivity index (χ1n) is 18.4. The standard InChI is InChI=1S/C52H35NO/c1-2-15-36(16-3-1)37-29-31-39(32-30-37)41-19-6-7-21-43(41)44-22-8-9-23-45(44)46-24-10-12-26-50(46)53(49-27-14-18-38-17-4-5-20-42(38)49)40-33-34-48-47-25-11-13-28-51(47)54-52(48)35-40/h1-35H. The maximum atomic E-state index is 6.46. The highest BCUT2D eigenvalue weighted by molar-refractivity contribution is 6.08. The minimum atomic E-state index is 0.865. The summed E-state index contributed by atoms with van der Waals surface area (Å²) in [5, 5.41) is 4.60. The summed E-state index contributed by atoms with van der Waals surface area (Å²) in [7, 11) is 0. The number of hydrogen-bond donors (Lipinski definition) is 0. The summed E-state index contributed by atoms with van der Waals surface area (Å²) in [4.78, 5) is 2.40. The molecular weight excluding hydrogens is 655 g/mol. The van der Waals surface area contributed by atoms with Crippen LogP contribution >= 0.6 is 0 Å². The molecule has 0 saturated heterocycles. The summed E-state index contributed by atoms with van der Waals surface area (Å²) < 4.78 is 6.46. The van der Waals surface area contributed by atoms with Crippen molar-refractivity contribution in [3.05, 3.63) is 212 Å². The van der Waals surface area contributed by atoms with Crippen LogP contribution in [0.1, 0.15) is 0 Å². The molecule has 2 heteroatoms. The van der Waals surface area contributed by atoms with Crippen LogP contribution in [-0.4, -0.2) is 0 Å². The van der Waals surface area contributed by atoms with Gasteiger partial charge in [0.15, 0.2) is 0 Å². The highest BCUT2D eigenvalue weighted by Crippen LogP contribution is 2.47. The van der Waals surface area contributed by atoms with E-state index in [0.29, 0.717) is 0 Å². The minimum absolute atomic E-state index is 0.865. The van der Waals surface area contributed by atoms with Gasteiger partial charge in [0.05, 0.1) is 11.4 Å². The Bertz CT molecular complexity index is 2930. The molecule has 0 fully saturated rings. The van der Waals surface area contributed by atoms with Gasteiger partial charge in [-0.2, -0.15) is 0 Å². The molecule has 0 aliphatic rings. The van der Waals surface area contributed by atoms with Crippen molar-refractivity contribution in [2.75, 3.05) is 4.90 Å². The summed E-state index contributed by atoms with van der Waals surface area (Å²) in [5.41, 5.74) is 14.5. The first kappa shape index (κ1) is 31.6. The van der Waals surface area contributed by atoms with E-state index in [1.54, 1.807) is 0 Å².